The van der Waals surface area contributed by atoms with E-state index in [9.17, 15) is 14.0 Å². The van der Waals surface area contributed by atoms with E-state index in [2.05, 4.69) is 21.2 Å². The van der Waals surface area contributed by atoms with Gasteiger partial charge in [0, 0.05) is 28.8 Å². The molecule has 6 heteroatoms. The summed E-state index contributed by atoms with van der Waals surface area (Å²) in [5.41, 5.74) is 2.19. The third kappa shape index (κ3) is 3.74. The van der Waals surface area contributed by atoms with Crippen LogP contribution in [0.4, 0.5) is 10.1 Å². The molecular formula is C19H18BrFN2O2. The van der Waals surface area contributed by atoms with Crippen LogP contribution < -0.4 is 10.2 Å². The van der Waals surface area contributed by atoms with E-state index in [0.717, 1.165) is 15.7 Å². The van der Waals surface area contributed by atoms with Gasteiger partial charge in [-0.1, -0.05) is 40.2 Å². The van der Waals surface area contributed by atoms with Crippen LogP contribution in [0.5, 0.6) is 0 Å². The van der Waals surface area contributed by atoms with Gasteiger partial charge in [-0.05, 0) is 37.1 Å². The molecule has 0 saturated carbocycles. The predicted octanol–water partition coefficient (Wildman–Crippen LogP) is 3.57. The zero-order chi connectivity index (χ0) is 18.0. The van der Waals surface area contributed by atoms with Crippen LogP contribution in [-0.2, 0) is 16.1 Å². The number of amides is 2. The van der Waals surface area contributed by atoms with Crippen molar-refractivity contribution < 1.29 is 14.0 Å². The lowest BCUT2D eigenvalue weighted by molar-refractivity contribution is -0.132. The molecule has 2 aromatic rings. The van der Waals surface area contributed by atoms with Crippen molar-refractivity contribution in [3.05, 3.63) is 63.9 Å². The minimum absolute atomic E-state index is 0.0746. The highest BCUT2D eigenvalue weighted by atomic mass is 79.9. The monoisotopic (exact) mass is 404 g/mol. The number of halogens is 2. The molecular weight excluding hydrogens is 387 g/mol. The number of nitrogens with zero attached hydrogens (tertiary/aromatic N) is 1. The van der Waals surface area contributed by atoms with Crippen LogP contribution in [0, 0.1) is 18.7 Å². The second kappa shape index (κ2) is 7.35. The fraction of sp³-hybridized carbons (Fsp3) is 0.263. The molecule has 0 spiro atoms. The van der Waals surface area contributed by atoms with E-state index in [4.69, 9.17) is 0 Å². The molecule has 0 radical (unpaired) electrons. The highest BCUT2D eigenvalue weighted by Crippen LogP contribution is 2.30. The lowest BCUT2D eigenvalue weighted by Crippen LogP contribution is -2.36. The summed E-state index contributed by atoms with van der Waals surface area (Å²) in [6.45, 7) is 2.50. The third-order valence-corrected chi connectivity index (χ3v) is 4.89. The summed E-state index contributed by atoms with van der Waals surface area (Å²) < 4.78 is 14.5. The topological polar surface area (TPSA) is 49.4 Å². The molecule has 1 atom stereocenters. The highest BCUT2D eigenvalue weighted by molar-refractivity contribution is 9.10. The molecule has 0 bridgehead atoms. The van der Waals surface area contributed by atoms with Crippen molar-refractivity contribution in [2.45, 2.75) is 19.9 Å². The van der Waals surface area contributed by atoms with Crippen molar-refractivity contribution in [2.24, 2.45) is 5.92 Å². The number of benzene rings is 2. The fourth-order valence-electron chi connectivity index (χ4n) is 2.98. The zero-order valence-corrected chi connectivity index (χ0v) is 15.3. The molecule has 1 N–H and O–H groups in total. The van der Waals surface area contributed by atoms with Crippen molar-refractivity contribution in [3.8, 4) is 0 Å². The van der Waals surface area contributed by atoms with E-state index in [-0.39, 0.29) is 24.2 Å². The third-order valence-electron chi connectivity index (χ3n) is 4.39. The summed E-state index contributed by atoms with van der Waals surface area (Å²) in [6, 6.07) is 12.0. The van der Waals surface area contributed by atoms with Gasteiger partial charge in [0.05, 0.1) is 0 Å². The lowest BCUT2D eigenvalue weighted by Gasteiger charge is -2.19. The first kappa shape index (κ1) is 17.6. The van der Waals surface area contributed by atoms with E-state index in [1.165, 1.54) is 6.07 Å². The second-order valence-corrected chi connectivity index (χ2v) is 6.99. The number of rotatable bonds is 4. The van der Waals surface area contributed by atoms with Crippen LogP contribution in [0.2, 0.25) is 0 Å². The Kier molecular flexibility index (Phi) is 5.18. The normalized spacial score (nSPS) is 17.0. The van der Waals surface area contributed by atoms with Crippen LogP contribution >= 0.6 is 15.9 Å². The molecule has 3 rings (SSSR count). The zero-order valence-electron chi connectivity index (χ0n) is 13.8. The predicted molar refractivity (Wildman–Crippen MR) is 97.6 cm³/mol. The average Bonchev–Trinajstić information content (AvgIpc) is 2.97. The molecule has 2 amide bonds. The summed E-state index contributed by atoms with van der Waals surface area (Å²) in [4.78, 5) is 26.7. The number of hydrogen-bond acceptors (Lipinski definition) is 2. The molecule has 1 aliphatic rings. The van der Waals surface area contributed by atoms with E-state index >= 15 is 0 Å². The second-order valence-electron chi connectivity index (χ2n) is 6.07. The molecule has 4 nitrogen and oxygen atoms in total. The van der Waals surface area contributed by atoms with Crippen LogP contribution in [0.1, 0.15) is 17.5 Å². The number of hydrogen-bond donors (Lipinski definition) is 1. The molecule has 0 aliphatic carbocycles. The minimum atomic E-state index is -0.731. The van der Waals surface area contributed by atoms with Crippen LogP contribution in [-0.4, -0.2) is 18.4 Å². The average molecular weight is 405 g/mol. The van der Waals surface area contributed by atoms with Gasteiger partial charge in [0.25, 0.3) is 0 Å². The number of anilines is 1. The molecule has 0 unspecified atom stereocenters. The maximum absolute atomic E-state index is 13.6. The van der Waals surface area contributed by atoms with Gasteiger partial charge in [0.2, 0.25) is 11.8 Å². The first-order chi connectivity index (χ1) is 12.0. The van der Waals surface area contributed by atoms with Crippen LogP contribution in [0.15, 0.2) is 46.9 Å². The smallest absolute Gasteiger partial charge is 0.239 e. The molecule has 1 saturated heterocycles. The quantitative estimate of drug-likeness (QED) is 0.791. The van der Waals surface area contributed by atoms with Gasteiger partial charge in [0.1, 0.15) is 11.7 Å². The van der Waals surface area contributed by atoms with Gasteiger partial charge in [-0.3, -0.25) is 9.59 Å². The Balaban J connectivity index is 1.68. The van der Waals surface area contributed by atoms with Crippen molar-refractivity contribution in [3.63, 3.8) is 0 Å². The Morgan fingerprint density at radius 2 is 2.08 bits per heavy atom. The standard InChI is InChI=1S/C19H18BrFN2O2/c1-12-6-7-14(20)10-17(12)23-9-8-15(19(23)25)18(24)22-11-13-4-2-3-5-16(13)21/h2-7,10,15H,8-9,11H2,1H3,(H,22,24)/t15-/m1/s1. The fourth-order valence-corrected chi connectivity index (χ4v) is 3.33. The highest BCUT2D eigenvalue weighted by Gasteiger charge is 2.38. The Bertz CT molecular complexity index is 825. The van der Waals surface area contributed by atoms with Crippen LogP contribution in [0.25, 0.3) is 0 Å². The summed E-state index contributed by atoms with van der Waals surface area (Å²) in [6.07, 6.45) is 0.452. The molecule has 2 aromatic carbocycles. The summed E-state index contributed by atoms with van der Waals surface area (Å²) in [5.74, 6) is -1.67. The molecule has 130 valence electrons. The van der Waals surface area contributed by atoms with E-state index < -0.39 is 5.92 Å². The Hall–Kier alpha value is -2.21. The SMILES string of the molecule is Cc1ccc(Br)cc1N1CC[C@H](C(=O)NCc2ccccc2F)C1=O. The van der Waals surface area contributed by atoms with Crippen molar-refractivity contribution in [2.75, 3.05) is 11.4 Å². The molecule has 1 heterocycles. The van der Waals surface area contributed by atoms with E-state index in [0.29, 0.717) is 18.5 Å². The van der Waals surface area contributed by atoms with Gasteiger partial charge in [-0.25, -0.2) is 4.39 Å². The Labute approximate surface area is 154 Å². The molecule has 0 aromatic heterocycles. The first-order valence-corrected chi connectivity index (χ1v) is 8.85. The van der Waals surface area contributed by atoms with Crippen molar-refractivity contribution >= 4 is 33.4 Å². The Morgan fingerprint density at radius 1 is 1.32 bits per heavy atom. The van der Waals surface area contributed by atoms with Gasteiger partial charge in [-0.2, -0.15) is 0 Å². The van der Waals surface area contributed by atoms with Gasteiger partial charge < -0.3 is 10.2 Å². The molecule has 25 heavy (non-hydrogen) atoms. The lowest BCUT2D eigenvalue weighted by atomic mass is 10.1. The number of aryl methyl sites for hydroxylation is 1. The van der Waals surface area contributed by atoms with E-state index in [1.54, 1.807) is 23.1 Å². The largest absolute Gasteiger partial charge is 0.351 e. The van der Waals surface area contributed by atoms with Crippen LogP contribution in [0.3, 0.4) is 0 Å². The minimum Gasteiger partial charge on any atom is -0.351 e. The molecule has 1 fully saturated rings. The first-order valence-electron chi connectivity index (χ1n) is 8.06. The number of carbonyl (C=O) groups excluding carboxylic acids is 2. The van der Waals surface area contributed by atoms with Gasteiger partial charge in [-0.15, -0.1) is 0 Å². The maximum atomic E-state index is 13.6. The summed E-state index contributed by atoms with van der Waals surface area (Å²) in [5, 5.41) is 2.67. The number of carbonyl (C=O) groups is 2. The van der Waals surface area contributed by atoms with Gasteiger partial charge >= 0.3 is 0 Å². The van der Waals surface area contributed by atoms with Crippen molar-refractivity contribution in [1.29, 1.82) is 0 Å². The maximum Gasteiger partial charge on any atom is 0.239 e. The van der Waals surface area contributed by atoms with Gasteiger partial charge in [0.15, 0.2) is 0 Å². The summed E-state index contributed by atoms with van der Waals surface area (Å²) in [7, 11) is 0. The summed E-state index contributed by atoms with van der Waals surface area (Å²) >= 11 is 3.41. The number of nitrogens with one attached hydrogen (secondary N) is 1. The Morgan fingerprint density at radius 3 is 2.84 bits per heavy atom. The van der Waals surface area contributed by atoms with E-state index in [1.807, 2.05) is 25.1 Å². The molecule has 1 aliphatic heterocycles. The van der Waals surface area contributed by atoms with Crippen molar-refractivity contribution in [1.82, 2.24) is 5.32 Å².